The third-order valence-corrected chi connectivity index (χ3v) is 5.69. The second-order valence-corrected chi connectivity index (χ2v) is 8.28. The summed E-state index contributed by atoms with van der Waals surface area (Å²) in [5.41, 5.74) is 2.30. The van der Waals surface area contributed by atoms with E-state index in [1.165, 1.54) is 17.0 Å². The first-order valence-electron chi connectivity index (χ1n) is 10.1. The van der Waals surface area contributed by atoms with E-state index in [9.17, 15) is 14.0 Å². The lowest BCUT2D eigenvalue weighted by molar-refractivity contribution is -0.140. The number of rotatable bonds is 8. The number of nitrogens with zero attached hydrogens (tertiary/aromatic N) is 1. The Hall–Kier alpha value is -2.89. The molecule has 7 heteroatoms. The predicted octanol–water partition coefficient (Wildman–Crippen LogP) is 5.41. The smallest absolute Gasteiger partial charge is 0.242 e. The molecular weight excluding hydrogens is 450 g/mol. The van der Waals surface area contributed by atoms with Crippen LogP contribution >= 0.6 is 23.2 Å². The first-order chi connectivity index (χ1) is 15.3. The molecule has 0 radical (unpaired) electrons. The number of amides is 2. The first kappa shape index (κ1) is 23.8. The number of carbonyl (C=O) groups is 2. The van der Waals surface area contributed by atoms with Crippen LogP contribution in [-0.4, -0.2) is 22.8 Å². The third kappa shape index (κ3) is 6.55. The molecule has 3 aromatic carbocycles. The average Bonchev–Trinajstić information content (AvgIpc) is 2.78. The lowest BCUT2D eigenvalue weighted by atomic mass is 10.1. The van der Waals surface area contributed by atoms with E-state index in [2.05, 4.69) is 5.32 Å². The summed E-state index contributed by atoms with van der Waals surface area (Å²) in [5, 5.41) is 3.79. The van der Waals surface area contributed by atoms with Gasteiger partial charge in [-0.15, -0.1) is 0 Å². The molecule has 0 bridgehead atoms. The second-order valence-electron chi connectivity index (χ2n) is 7.44. The van der Waals surface area contributed by atoms with Gasteiger partial charge in [0.15, 0.2) is 0 Å². The third-order valence-electron chi connectivity index (χ3n) is 5.10. The molecule has 0 aromatic heterocycles. The van der Waals surface area contributed by atoms with Crippen molar-refractivity contribution in [3.63, 3.8) is 0 Å². The molecule has 166 valence electrons. The van der Waals surface area contributed by atoms with Gasteiger partial charge in [-0.25, -0.2) is 4.39 Å². The van der Waals surface area contributed by atoms with Crippen LogP contribution in [-0.2, 0) is 29.1 Å². The molecule has 3 rings (SSSR count). The summed E-state index contributed by atoms with van der Waals surface area (Å²) in [6.45, 7) is 2.06. The Labute approximate surface area is 197 Å². The van der Waals surface area contributed by atoms with Crippen molar-refractivity contribution in [2.24, 2.45) is 0 Å². The molecular formula is C25H23Cl2FN2O2. The summed E-state index contributed by atoms with van der Waals surface area (Å²) in [4.78, 5) is 27.5. The van der Waals surface area contributed by atoms with Crippen LogP contribution in [0.15, 0.2) is 72.8 Å². The molecule has 0 saturated carbocycles. The van der Waals surface area contributed by atoms with Gasteiger partial charge in [-0.05, 0) is 47.9 Å². The lowest BCUT2D eigenvalue weighted by Gasteiger charge is -2.29. The zero-order valence-electron chi connectivity index (χ0n) is 17.5. The number of hydrogen-bond donors (Lipinski definition) is 1. The summed E-state index contributed by atoms with van der Waals surface area (Å²) in [6, 6.07) is 19.5. The second kappa shape index (κ2) is 11.1. The van der Waals surface area contributed by atoms with E-state index in [1.54, 1.807) is 37.3 Å². The lowest BCUT2D eigenvalue weighted by Crippen LogP contribution is -2.48. The van der Waals surface area contributed by atoms with Crippen LogP contribution < -0.4 is 5.32 Å². The number of benzene rings is 3. The summed E-state index contributed by atoms with van der Waals surface area (Å²) in [7, 11) is 0. The minimum Gasteiger partial charge on any atom is -0.350 e. The largest absolute Gasteiger partial charge is 0.350 e. The fourth-order valence-corrected chi connectivity index (χ4v) is 3.71. The number of hydrogen-bond acceptors (Lipinski definition) is 2. The summed E-state index contributed by atoms with van der Waals surface area (Å²) >= 11 is 12.1. The molecule has 1 N–H and O–H groups in total. The van der Waals surface area contributed by atoms with E-state index in [-0.39, 0.29) is 37.1 Å². The summed E-state index contributed by atoms with van der Waals surface area (Å²) in [6.07, 6.45) is 0.155. The highest BCUT2D eigenvalue weighted by atomic mass is 35.5. The Morgan fingerprint density at radius 1 is 0.969 bits per heavy atom. The van der Waals surface area contributed by atoms with Crippen molar-refractivity contribution in [1.82, 2.24) is 10.2 Å². The zero-order valence-corrected chi connectivity index (χ0v) is 19.0. The monoisotopic (exact) mass is 472 g/mol. The molecule has 0 aliphatic rings. The summed E-state index contributed by atoms with van der Waals surface area (Å²) < 4.78 is 13.3. The van der Waals surface area contributed by atoms with Crippen LogP contribution in [0.5, 0.6) is 0 Å². The van der Waals surface area contributed by atoms with E-state index >= 15 is 0 Å². The summed E-state index contributed by atoms with van der Waals surface area (Å²) in [5.74, 6) is -0.881. The maximum atomic E-state index is 13.3. The van der Waals surface area contributed by atoms with Gasteiger partial charge in [0.25, 0.3) is 0 Å². The van der Waals surface area contributed by atoms with Gasteiger partial charge in [0.2, 0.25) is 11.8 Å². The maximum Gasteiger partial charge on any atom is 0.242 e. The van der Waals surface area contributed by atoms with Crippen molar-refractivity contribution in [2.75, 3.05) is 0 Å². The normalized spacial score (nSPS) is 11.6. The fraction of sp³-hybridized carbons (Fsp3) is 0.200. The Kier molecular flexibility index (Phi) is 8.26. The fourth-order valence-electron chi connectivity index (χ4n) is 3.24. The molecule has 0 spiro atoms. The molecule has 0 heterocycles. The van der Waals surface area contributed by atoms with Crippen LogP contribution in [0.1, 0.15) is 23.6 Å². The average molecular weight is 473 g/mol. The van der Waals surface area contributed by atoms with Crippen molar-refractivity contribution in [3.05, 3.63) is 105 Å². The SMILES string of the molecule is C[C@H](C(=O)NCc1ccc(Cl)cc1Cl)N(Cc1ccc(F)cc1)C(=O)Cc1ccccc1. The topological polar surface area (TPSA) is 49.4 Å². The molecule has 0 aliphatic heterocycles. The quantitative estimate of drug-likeness (QED) is 0.476. The van der Waals surface area contributed by atoms with Crippen molar-refractivity contribution in [1.29, 1.82) is 0 Å². The van der Waals surface area contributed by atoms with Crippen LogP contribution in [0.3, 0.4) is 0 Å². The van der Waals surface area contributed by atoms with Gasteiger partial charge in [-0.1, -0.05) is 71.7 Å². The van der Waals surface area contributed by atoms with E-state index < -0.39 is 6.04 Å². The van der Waals surface area contributed by atoms with Crippen LogP contribution in [0.2, 0.25) is 10.0 Å². The highest BCUT2D eigenvalue weighted by molar-refractivity contribution is 6.35. The molecule has 0 unspecified atom stereocenters. The Morgan fingerprint density at radius 2 is 1.66 bits per heavy atom. The molecule has 32 heavy (non-hydrogen) atoms. The van der Waals surface area contributed by atoms with E-state index in [1.807, 2.05) is 30.3 Å². The Balaban J connectivity index is 1.74. The Morgan fingerprint density at radius 3 is 2.31 bits per heavy atom. The molecule has 0 aliphatic carbocycles. The number of nitrogens with one attached hydrogen (secondary N) is 1. The number of carbonyl (C=O) groups excluding carboxylic acids is 2. The predicted molar refractivity (Wildman–Crippen MR) is 125 cm³/mol. The van der Waals surface area contributed by atoms with Crippen LogP contribution in [0.25, 0.3) is 0 Å². The van der Waals surface area contributed by atoms with E-state index in [4.69, 9.17) is 23.2 Å². The van der Waals surface area contributed by atoms with Crippen molar-refractivity contribution >= 4 is 35.0 Å². The molecule has 2 amide bonds. The van der Waals surface area contributed by atoms with Crippen LogP contribution in [0.4, 0.5) is 4.39 Å². The van der Waals surface area contributed by atoms with Gasteiger partial charge < -0.3 is 10.2 Å². The van der Waals surface area contributed by atoms with E-state index in [0.717, 1.165) is 16.7 Å². The Bertz CT molecular complexity index is 1080. The molecule has 3 aromatic rings. The molecule has 1 atom stereocenters. The van der Waals surface area contributed by atoms with Gasteiger partial charge in [-0.3, -0.25) is 9.59 Å². The van der Waals surface area contributed by atoms with Gasteiger partial charge >= 0.3 is 0 Å². The molecule has 0 saturated heterocycles. The van der Waals surface area contributed by atoms with E-state index in [0.29, 0.717) is 10.0 Å². The van der Waals surface area contributed by atoms with Gasteiger partial charge in [0, 0.05) is 23.1 Å². The van der Waals surface area contributed by atoms with Gasteiger partial charge in [-0.2, -0.15) is 0 Å². The van der Waals surface area contributed by atoms with Gasteiger partial charge in [0.05, 0.1) is 6.42 Å². The van der Waals surface area contributed by atoms with Crippen molar-refractivity contribution in [3.8, 4) is 0 Å². The maximum absolute atomic E-state index is 13.3. The van der Waals surface area contributed by atoms with Crippen molar-refractivity contribution < 1.29 is 14.0 Å². The van der Waals surface area contributed by atoms with Crippen molar-refractivity contribution in [2.45, 2.75) is 32.5 Å². The highest BCUT2D eigenvalue weighted by Gasteiger charge is 2.26. The minimum atomic E-state index is -0.748. The molecule has 4 nitrogen and oxygen atoms in total. The van der Waals surface area contributed by atoms with Crippen LogP contribution in [0, 0.1) is 5.82 Å². The van der Waals surface area contributed by atoms with Gasteiger partial charge in [0.1, 0.15) is 11.9 Å². The minimum absolute atomic E-state index is 0.155. The standard InChI is InChI=1S/C25H23Cl2FN2O2/c1-17(25(32)29-15-20-9-10-21(26)14-23(20)27)30(16-19-7-11-22(28)12-8-19)24(31)13-18-5-3-2-4-6-18/h2-12,14,17H,13,15-16H2,1H3,(H,29,32)/t17-/m1/s1. The first-order valence-corrected chi connectivity index (χ1v) is 10.9. The highest BCUT2D eigenvalue weighted by Crippen LogP contribution is 2.21. The zero-order chi connectivity index (χ0) is 23.1. The number of halogens is 3. The molecule has 0 fully saturated rings.